The average molecular weight is 293 g/mol. The normalized spacial score (nSPS) is 15.1. The van der Waals surface area contributed by atoms with Gasteiger partial charge < -0.3 is 4.90 Å². The third-order valence-electron chi connectivity index (χ3n) is 3.15. The summed E-state index contributed by atoms with van der Waals surface area (Å²) in [5.74, 6) is -0.220. The van der Waals surface area contributed by atoms with Crippen molar-refractivity contribution in [1.29, 1.82) is 5.26 Å². The zero-order valence-electron chi connectivity index (χ0n) is 10.9. The van der Waals surface area contributed by atoms with Gasteiger partial charge in [-0.1, -0.05) is 6.07 Å². The highest BCUT2D eigenvalue weighted by Gasteiger charge is 2.21. The molecule has 0 saturated carbocycles. The highest BCUT2D eigenvalue weighted by Crippen LogP contribution is 2.11. The predicted octanol–water partition coefficient (Wildman–Crippen LogP) is 0.459. The fourth-order valence-electron chi connectivity index (χ4n) is 2.05. The minimum absolute atomic E-state index is 0.00854. The van der Waals surface area contributed by atoms with Crippen LogP contribution >= 0.6 is 0 Å². The molecule has 0 unspecified atom stereocenters. The Morgan fingerprint density at radius 2 is 2.05 bits per heavy atom. The smallest absolute Gasteiger partial charge is 0.241 e. The topological polar surface area (TPSA) is 90.3 Å². The van der Waals surface area contributed by atoms with Crippen molar-refractivity contribution in [2.45, 2.75) is 17.7 Å². The van der Waals surface area contributed by atoms with Crippen LogP contribution in [0.5, 0.6) is 0 Å². The highest BCUT2D eigenvalue weighted by molar-refractivity contribution is 7.89. The van der Waals surface area contributed by atoms with Gasteiger partial charge in [0.15, 0.2) is 0 Å². The van der Waals surface area contributed by atoms with E-state index >= 15 is 0 Å². The summed E-state index contributed by atoms with van der Waals surface area (Å²) >= 11 is 0. The van der Waals surface area contributed by atoms with Crippen LogP contribution in [0.4, 0.5) is 0 Å². The van der Waals surface area contributed by atoms with Crippen LogP contribution in [-0.2, 0) is 14.8 Å². The third-order valence-corrected chi connectivity index (χ3v) is 4.54. The Balaban J connectivity index is 2.03. The Kier molecular flexibility index (Phi) is 4.37. The van der Waals surface area contributed by atoms with Gasteiger partial charge in [-0.3, -0.25) is 4.79 Å². The van der Waals surface area contributed by atoms with E-state index in [0.717, 1.165) is 12.8 Å². The van der Waals surface area contributed by atoms with Gasteiger partial charge in [0.05, 0.1) is 23.1 Å². The molecule has 0 spiro atoms. The molecule has 1 aromatic rings. The number of benzene rings is 1. The molecule has 1 N–H and O–H groups in total. The van der Waals surface area contributed by atoms with Gasteiger partial charge in [0, 0.05) is 13.1 Å². The van der Waals surface area contributed by atoms with E-state index in [9.17, 15) is 13.2 Å². The van der Waals surface area contributed by atoms with Crippen LogP contribution in [0.15, 0.2) is 29.2 Å². The molecule has 0 aliphatic carbocycles. The monoisotopic (exact) mass is 293 g/mol. The van der Waals surface area contributed by atoms with Crippen molar-refractivity contribution in [2.75, 3.05) is 19.6 Å². The molecule has 1 amide bonds. The molecule has 1 aromatic carbocycles. The number of rotatable bonds is 4. The quantitative estimate of drug-likeness (QED) is 0.873. The molecule has 2 rings (SSSR count). The first-order chi connectivity index (χ1) is 9.53. The first-order valence-electron chi connectivity index (χ1n) is 6.30. The summed E-state index contributed by atoms with van der Waals surface area (Å²) < 4.78 is 26.3. The van der Waals surface area contributed by atoms with E-state index in [1.165, 1.54) is 24.3 Å². The maximum Gasteiger partial charge on any atom is 0.241 e. The number of nitrogens with zero attached hydrogens (tertiary/aromatic N) is 2. The Bertz CT molecular complexity index is 643. The molecule has 1 saturated heterocycles. The number of nitriles is 1. The summed E-state index contributed by atoms with van der Waals surface area (Å²) in [7, 11) is -3.77. The van der Waals surface area contributed by atoms with Crippen LogP contribution in [0, 0.1) is 11.3 Å². The SMILES string of the molecule is N#Cc1cccc(S(=O)(=O)NCC(=O)N2CCCC2)c1. The van der Waals surface area contributed by atoms with Gasteiger partial charge in [0.1, 0.15) is 0 Å². The minimum Gasteiger partial charge on any atom is -0.342 e. The Morgan fingerprint density at radius 1 is 1.35 bits per heavy atom. The summed E-state index contributed by atoms with van der Waals surface area (Å²) in [5, 5.41) is 8.76. The van der Waals surface area contributed by atoms with E-state index in [-0.39, 0.29) is 22.9 Å². The lowest BCUT2D eigenvalue weighted by atomic mass is 10.2. The standard InChI is InChI=1S/C13H15N3O3S/c14-9-11-4-3-5-12(8-11)20(18,19)15-10-13(17)16-6-1-2-7-16/h3-5,8,15H,1-2,6-7,10H2. The van der Waals surface area contributed by atoms with Gasteiger partial charge in [-0.25, -0.2) is 13.1 Å². The molecule has 0 radical (unpaired) electrons. The molecular formula is C13H15N3O3S. The number of carbonyl (C=O) groups excluding carboxylic acids is 1. The van der Waals surface area contributed by atoms with E-state index in [1.807, 2.05) is 6.07 Å². The van der Waals surface area contributed by atoms with E-state index < -0.39 is 10.0 Å². The van der Waals surface area contributed by atoms with Crippen LogP contribution in [0.3, 0.4) is 0 Å². The second-order valence-electron chi connectivity index (χ2n) is 4.55. The van der Waals surface area contributed by atoms with Gasteiger partial charge in [-0.15, -0.1) is 0 Å². The van der Waals surface area contributed by atoms with E-state index in [4.69, 9.17) is 5.26 Å². The fraction of sp³-hybridized carbons (Fsp3) is 0.385. The molecule has 0 bridgehead atoms. The molecule has 20 heavy (non-hydrogen) atoms. The molecule has 1 heterocycles. The number of hydrogen-bond donors (Lipinski definition) is 1. The summed E-state index contributed by atoms with van der Waals surface area (Å²) in [6.45, 7) is 1.12. The molecular weight excluding hydrogens is 278 g/mol. The van der Waals surface area contributed by atoms with Crippen molar-refractivity contribution in [3.8, 4) is 6.07 Å². The molecule has 106 valence electrons. The van der Waals surface area contributed by atoms with E-state index in [2.05, 4.69) is 4.72 Å². The second-order valence-corrected chi connectivity index (χ2v) is 6.32. The van der Waals surface area contributed by atoms with Crippen molar-refractivity contribution >= 4 is 15.9 Å². The van der Waals surface area contributed by atoms with E-state index in [0.29, 0.717) is 13.1 Å². The molecule has 0 aromatic heterocycles. The lowest BCUT2D eigenvalue weighted by Gasteiger charge is -2.15. The summed E-state index contributed by atoms with van der Waals surface area (Å²) in [6.07, 6.45) is 1.92. The van der Waals surface area contributed by atoms with Crippen molar-refractivity contribution < 1.29 is 13.2 Å². The lowest BCUT2D eigenvalue weighted by Crippen LogP contribution is -2.38. The van der Waals surface area contributed by atoms with Gasteiger partial charge in [0.25, 0.3) is 0 Å². The number of likely N-dealkylation sites (tertiary alicyclic amines) is 1. The van der Waals surface area contributed by atoms with E-state index in [1.54, 1.807) is 4.90 Å². The lowest BCUT2D eigenvalue weighted by molar-refractivity contribution is -0.128. The van der Waals surface area contributed by atoms with Crippen molar-refractivity contribution in [3.63, 3.8) is 0 Å². The van der Waals surface area contributed by atoms with Gasteiger partial charge >= 0.3 is 0 Å². The van der Waals surface area contributed by atoms with Gasteiger partial charge in [-0.05, 0) is 31.0 Å². The molecule has 1 fully saturated rings. The second kappa shape index (κ2) is 6.03. The van der Waals surface area contributed by atoms with Crippen molar-refractivity contribution in [3.05, 3.63) is 29.8 Å². The van der Waals surface area contributed by atoms with Gasteiger partial charge in [-0.2, -0.15) is 5.26 Å². The number of nitrogens with one attached hydrogen (secondary N) is 1. The molecule has 1 aliphatic heterocycles. The first kappa shape index (κ1) is 14.5. The minimum atomic E-state index is -3.77. The Labute approximate surface area is 118 Å². The number of amides is 1. The third kappa shape index (κ3) is 3.35. The Hall–Kier alpha value is -1.91. The van der Waals surface area contributed by atoms with Crippen LogP contribution < -0.4 is 4.72 Å². The zero-order valence-corrected chi connectivity index (χ0v) is 11.7. The van der Waals surface area contributed by atoms with Crippen LogP contribution in [0.25, 0.3) is 0 Å². The largest absolute Gasteiger partial charge is 0.342 e. The summed E-state index contributed by atoms with van der Waals surface area (Å²) in [6, 6.07) is 7.57. The predicted molar refractivity (Wildman–Crippen MR) is 72.2 cm³/mol. The zero-order chi connectivity index (χ0) is 14.6. The summed E-state index contributed by atoms with van der Waals surface area (Å²) in [5.41, 5.74) is 0.263. The van der Waals surface area contributed by atoms with Crippen molar-refractivity contribution in [1.82, 2.24) is 9.62 Å². The summed E-state index contributed by atoms with van der Waals surface area (Å²) in [4.78, 5) is 13.4. The van der Waals surface area contributed by atoms with Crippen LogP contribution in [-0.4, -0.2) is 38.9 Å². The van der Waals surface area contributed by atoms with Crippen LogP contribution in [0.2, 0.25) is 0 Å². The van der Waals surface area contributed by atoms with Crippen LogP contribution in [0.1, 0.15) is 18.4 Å². The average Bonchev–Trinajstić information content (AvgIpc) is 2.99. The molecule has 6 nitrogen and oxygen atoms in total. The maximum atomic E-state index is 12.0. The number of sulfonamides is 1. The highest BCUT2D eigenvalue weighted by atomic mass is 32.2. The Morgan fingerprint density at radius 3 is 2.70 bits per heavy atom. The molecule has 1 aliphatic rings. The number of hydrogen-bond acceptors (Lipinski definition) is 4. The molecule has 7 heteroatoms. The fourth-order valence-corrected chi connectivity index (χ4v) is 3.07. The van der Waals surface area contributed by atoms with Crippen molar-refractivity contribution in [2.24, 2.45) is 0 Å². The molecule has 0 atom stereocenters. The number of carbonyl (C=O) groups is 1. The first-order valence-corrected chi connectivity index (χ1v) is 7.79. The van der Waals surface area contributed by atoms with Gasteiger partial charge in [0.2, 0.25) is 15.9 Å². The maximum absolute atomic E-state index is 12.0.